The number of hydrogen-bond donors (Lipinski definition) is 2. The highest BCUT2D eigenvalue weighted by Gasteiger charge is 2.27. The lowest BCUT2D eigenvalue weighted by atomic mass is 10.0. The minimum atomic E-state index is -0.785. The van der Waals surface area contributed by atoms with E-state index in [4.69, 9.17) is 9.84 Å². The number of nitrogens with one attached hydrogen (secondary N) is 1. The molecule has 0 spiro atoms. The average Bonchev–Trinajstić information content (AvgIpc) is 3.40. The average molecular weight is 580 g/mol. The third-order valence-electron chi connectivity index (χ3n) is 7.30. The highest BCUT2D eigenvalue weighted by atomic mass is 19.1. The summed E-state index contributed by atoms with van der Waals surface area (Å²) in [7, 11) is 3.76. The number of rotatable bonds is 8. The van der Waals surface area contributed by atoms with Crippen LogP contribution >= 0.6 is 0 Å². The number of carbonyl (C=O) groups is 2. The van der Waals surface area contributed by atoms with Crippen LogP contribution in [0.25, 0.3) is 0 Å². The number of aryl methyl sites for hydroxylation is 1. The van der Waals surface area contributed by atoms with Gasteiger partial charge in [0.1, 0.15) is 18.5 Å². The van der Waals surface area contributed by atoms with E-state index in [0.29, 0.717) is 5.56 Å². The predicted molar refractivity (Wildman–Crippen MR) is 168 cm³/mol. The molecular formula is C33H58FN3O4. The first kappa shape index (κ1) is 38.5. The number of hydrogen-bond acceptors (Lipinski definition) is 5. The monoisotopic (exact) mass is 579 g/mol. The van der Waals surface area contributed by atoms with Gasteiger partial charge in [-0.2, -0.15) is 0 Å². The summed E-state index contributed by atoms with van der Waals surface area (Å²) in [5.41, 5.74) is 1.39. The Bertz CT molecular complexity index is 866. The van der Waals surface area contributed by atoms with Crippen LogP contribution in [-0.4, -0.2) is 72.8 Å². The minimum Gasteiger partial charge on any atom is -0.480 e. The second-order valence-corrected chi connectivity index (χ2v) is 11.5. The number of allylic oxidation sites excluding steroid dienone is 1. The van der Waals surface area contributed by atoms with Crippen molar-refractivity contribution in [1.82, 2.24) is 15.1 Å². The quantitative estimate of drug-likeness (QED) is 0.315. The summed E-state index contributed by atoms with van der Waals surface area (Å²) in [5, 5.41) is 11.2. The lowest BCUT2D eigenvalue weighted by Crippen LogP contribution is -2.47. The van der Waals surface area contributed by atoms with Gasteiger partial charge in [0.25, 0.3) is 0 Å². The number of carboxylic acid groups (broad SMARTS) is 1. The van der Waals surface area contributed by atoms with Crippen molar-refractivity contribution in [3.8, 4) is 0 Å². The van der Waals surface area contributed by atoms with Crippen molar-refractivity contribution in [3.63, 3.8) is 0 Å². The molecule has 1 amide bonds. The summed E-state index contributed by atoms with van der Waals surface area (Å²) in [6.45, 7) is 18.0. The second kappa shape index (κ2) is 22.2. The van der Waals surface area contributed by atoms with Crippen molar-refractivity contribution >= 4 is 12.1 Å². The molecule has 1 heterocycles. The molecule has 1 aromatic carbocycles. The Morgan fingerprint density at radius 1 is 1.22 bits per heavy atom. The number of amides is 1. The van der Waals surface area contributed by atoms with Crippen molar-refractivity contribution in [1.29, 1.82) is 0 Å². The predicted octanol–water partition coefficient (Wildman–Crippen LogP) is 7.28. The van der Waals surface area contributed by atoms with E-state index in [0.717, 1.165) is 50.4 Å². The number of carbonyl (C=O) groups excluding carboxylic acids is 1. The zero-order valence-electron chi connectivity index (χ0n) is 27.0. The first-order chi connectivity index (χ1) is 19.4. The largest absolute Gasteiger partial charge is 0.480 e. The molecule has 2 N–H and O–H groups in total. The van der Waals surface area contributed by atoms with Crippen LogP contribution in [0.2, 0.25) is 0 Å². The molecule has 0 bridgehead atoms. The number of aliphatic carboxylic acids is 1. The van der Waals surface area contributed by atoms with Crippen molar-refractivity contribution in [2.24, 2.45) is 11.8 Å². The Morgan fingerprint density at radius 3 is 2.15 bits per heavy atom. The summed E-state index contributed by atoms with van der Waals surface area (Å²) in [5.74, 6) is 0.170. The van der Waals surface area contributed by atoms with Crippen LogP contribution in [0.5, 0.6) is 0 Å². The summed E-state index contributed by atoms with van der Waals surface area (Å²) in [6, 6.07) is 4.65. The molecule has 7 nitrogen and oxygen atoms in total. The van der Waals surface area contributed by atoms with Gasteiger partial charge >= 0.3 is 12.1 Å². The maximum atomic E-state index is 13.3. The fourth-order valence-electron chi connectivity index (χ4n) is 4.87. The molecule has 1 aromatic rings. The molecule has 1 saturated heterocycles. The zero-order chi connectivity index (χ0) is 31.4. The third kappa shape index (κ3) is 16.5. The van der Waals surface area contributed by atoms with Crippen molar-refractivity contribution in [2.75, 3.05) is 33.7 Å². The van der Waals surface area contributed by atoms with Crippen molar-refractivity contribution in [2.45, 2.75) is 105 Å². The number of likely N-dealkylation sites (N-methyl/N-ethyl adjacent to an activating group) is 1. The molecule has 1 unspecified atom stereocenters. The van der Waals surface area contributed by atoms with Gasteiger partial charge in [0, 0.05) is 12.6 Å². The van der Waals surface area contributed by atoms with E-state index in [1.807, 2.05) is 25.7 Å². The van der Waals surface area contributed by atoms with Crippen LogP contribution in [0.3, 0.4) is 0 Å². The molecule has 2 fully saturated rings. The summed E-state index contributed by atoms with van der Waals surface area (Å²) in [4.78, 5) is 26.9. The van der Waals surface area contributed by atoms with E-state index in [-0.39, 0.29) is 30.5 Å². The summed E-state index contributed by atoms with van der Waals surface area (Å²) < 4.78 is 18.7. The lowest BCUT2D eigenvalue weighted by molar-refractivity contribution is -0.140. The van der Waals surface area contributed by atoms with Gasteiger partial charge in [-0.25, -0.2) is 9.18 Å². The lowest BCUT2D eigenvalue weighted by Gasteiger charge is -2.36. The molecule has 1 aliphatic carbocycles. The molecule has 0 aromatic heterocycles. The van der Waals surface area contributed by atoms with E-state index in [1.165, 1.54) is 31.7 Å². The van der Waals surface area contributed by atoms with Gasteiger partial charge in [0.05, 0.1) is 0 Å². The van der Waals surface area contributed by atoms with Crippen molar-refractivity contribution in [3.05, 3.63) is 47.8 Å². The highest BCUT2D eigenvalue weighted by molar-refractivity contribution is 5.73. The molecule has 1 saturated carbocycles. The fourth-order valence-corrected chi connectivity index (χ4v) is 4.87. The van der Waals surface area contributed by atoms with Crippen LogP contribution in [0.4, 0.5) is 9.18 Å². The number of nitrogens with zero attached hydrogens (tertiary/aromatic N) is 2. The number of halogens is 1. The Labute approximate surface area is 249 Å². The molecule has 3 rings (SSSR count). The molecule has 0 radical (unpaired) electrons. The number of benzene rings is 1. The van der Waals surface area contributed by atoms with Crippen LogP contribution in [-0.2, 0) is 16.1 Å². The number of carboxylic acids is 1. The first-order valence-electron chi connectivity index (χ1n) is 15.3. The minimum absolute atomic E-state index is 0.146. The van der Waals surface area contributed by atoms with Gasteiger partial charge < -0.3 is 25.0 Å². The maximum absolute atomic E-state index is 13.3. The molecule has 236 valence electrons. The van der Waals surface area contributed by atoms with Gasteiger partial charge in [-0.15, -0.1) is 6.58 Å². The topological polar surface area (TPSA) is 82.1 Å². The van der Waals surface area contributed by atoms with Crippen molar-refractivity contribution < 1.29 is 23.8 Å². The third-order valence-corrected chi connectivity index (χ3v) is 7.30. The normalized spacial score (nSPS) is 16.2. The SMILES string of the molecule is C=CC.CC1CCCC1.CCCN(C(=O)OCc1ccc(F)c(C)c1)C1CCN(C)CC1.CNC(C(=O)O)C(C)C. The Kier molecular flexibility index (Phi) is 20.9. The number of piperidine rings is 1. The van der Waals surface area contributed by atoms with E-state index >= 15 is 0 Å². The van der Waals surface area contributed by atoms with E-state index < -0.39 is 12.0 Å². The highest BCUT2D eigenvalue weighted by Crippen LogP contribution is 2.23. The van der Waals surface area contributed by atoms with Gasteiger partial charge in [-0.05, 0) is 95.4 Å². The van der Waals surface area contributed by atoms with Gasteiger partial charge in [-0.1, -0.05) is 65.5 Å². The summed E-state index contributed by atoms with van der Waals surface area (Å²) in [6.07, 6.45) is 10.3. The van der Waals surface area contributed by atoms with E-state index in [1.54, 1.807) is 32.2 Å². The Hall–Kier alpha value is -2.45. The zero-order valence-corrected chi connectivity index (χ0v) is 27.0. The van der Waals surface area contributed by atoms with Crippen LogP contribution in [0.15, 0.2) is 30.9 Å². The van der Waals surface area contributed by atoms with Crippen LogP contribution < -0.4 is 5.32 Å². The smallest absolute Gasteiger partial charge is 0.410 e. The fraction of sp³-hybridized carbons (Fsp3) is 0.697. The summed E-state index contributed by atoms with van der Waals surface area (Å²) >= 11 is 0. The molecule has 1 atom stereocenters. The molecular weight excluding hydrogens is 521 g/mol. The van der Waals surface area contributed by atoms with Crippen LogP contribution in [0, 0.1) is 24.6 Å². The molecule has 2 aliphatic rings. The van der Waals surface area contributed by atoms with Crippen LogP contribution in [0.1, 0.15) is 90.7 Å². The Morgan fingerprint density at radius 2 is 1.78 bits per heavy atom. The Balaban J connectivity index is 0.000000723. The van der Waals surface area contributed by atoms with Gasteiger partial charge in [0.15, 0.2) is 0 Å². The molecule has 1 aliphatic heterocycles. The number of ether oxygens (including phenoxy) is 1. The van der Waals surface area contributed by atoms with E-state index in [9.17, 15) is 14.0 Å². The molecule has 41 heavy (non-hydrogen) atoms. The number of likely N-dealkylation sites (tertiary alicyclic amines) is 1. The standard InChI is InChI=1S/C18H27FN2O2.C6H13NO2.C6H12.C3H6/c1-4-9-21(16-7-10-20(3)11-8-16)18(22)23-13-15-5-6-17(19)14(2)12-15;1-4(2)5(7-3)6(8)9;1-6-4-2-3-5-6;1-3-2/h5-6,12,16H,4,7-11,13H2,1-3H3;4-5,7H,1-3H3,(H,8,9);6H,2-5H2,1H3;3H,1H2,2H3. The second-order valence-electron chi connectivity index (χ2n) is 11.5. The first-order valence-corrected chi connectivity index (χ1v) is 15.3. The molecule has 8 heteroatoms. The maximum Gasteiger partial charge on any atom is 0.410 e. The van der Waals surface area contributed by atoms with E-state index in [2.05, 4.69) is 37.7 Å². The van der Waals surface area contributed by atoms with Gasteiger partial charge in [-0.3, -0.25) is 4.79 Å². The van der Waals surface area contributed by atoms with Gasteiger partial charge in [0.2, 0.25) is 0 Å².